The number of oxazole rings is 1. The second-order valence-corrected chi connectivity index (χ2v) is 4.61. The summed E-state index contributed by atoms with van der Waals surface area (Å²) in [5.41, 5.74) is 3.11. The van der Waals surface area contributed by atoms with Crippen LogP contribution >= 0.6 is 0 Å². The van der Waals surface area contributed by atoms with Crippen molar-refractivity contribution in [1.29, 1.82) is 0 Å². The molecule has 0 atom stereocenters. The molecule has 1 saturated heterocycles. The van der Waals surface area contributed by atoms with Gasteiger partial charge in [-0.25, -0.2) is 10.8 Å². The number of hydrazine groups is 1. The fraction of sp³-hybridized carbons (Fsp3) is 0.286. The summed E-state index contributed by atoms with van der Waals surface area (Å²) in [6, 6.07) is 9.42. The summed E-state index contributed by atoms with van der Waals surface area (Å²) in [5.74, 6) is 5.59. The van der Waals surface area contributed by atoms with E-state index < -0.39 is 5.91 Å². The molecule has 0 saturated carbocycles. The van der Waals surface area contributed by atoms with Gasteiger partial charge in [-0.1, -0.05) is 18.2 Å². The summed E-state index contributed by atoms with van der Waals surface area (Å²) < 4.78 is 11.1. The van der Waals surface area contributed by atoms with Crippen LogP contribution in [0.15, 0.2) is 34.7 Å². The molecule has 1 amide bonds. The summed E-state index contributed by atoms with van der Waals surface area (Å²) in [6.45, 7) is 2.47. The quantitative estimate of drug-likeness (QED) is 0.492. The van der Waals surface area contributed by atoms with E-state index in [1.165, 1.54) is 0 Å². The highest BCUT2D eigenvalue weighted by molar-refractivity contribution is 5.97. The van der Waals surface area contributed by atoms with Gasteiger partial charge in [-0.3, -0.25) is 10.2 Å². The summed E-state index contributed by atoms with van der Waals surface area (Å²) in [4.78, 5) is 18.1. The molecule has 3 N–H and O–H groups in total. The number of benzene rings is 1. The van der Waals surface area contributed by atoms with Gasteiger partial charge < -0.3 is 14.1 Å². The number of ether oxygens (including phenoxy) is 1. The van der Waals surface area contributed by atoms with Crippen molar-refractivity contribution in [1.82, 2.24) is 10.4 Å². The molecule has 1 aliphatic rings. The van der Waals surface area contributed by atoms with Gasteiger partial charge in [0.25, 0.3) is 5.91 Å². The summed E-state index contributed by atoms with van der Waals surface area (Å²) in [6.07, 6.45) is 0. The van der Waals surface area contributed by atoms with E-state index in [1.807, 2.05) is 35.2 Å². The minimum absolute atomic E-state index is 0.193. The lowest BCUT2D eigenvalue weighted by Crippen LogP contribution is -2.38. The number of anilines is 1. The highest BCUT2D eigenvalue weighted by Crippen LogP contribution is 2.28. The van der Waals surface area contributed by atoms with Gasteiger partial charge in [0, 0.05) is 18.7 Å². The number of aromatic nitrogens is 1. The topological polar surface area (TPSA) is 93.6 Å². The fourth-order valence-electron chi connectivity index (χ4n) is 2.21. The van der Waals surface area contributed by atoms with Crippen LogP contribution < -0.4 is 16.2 Å². The number of morpholine rings is 1. The molecule has 1 aliphatic heterocycles. The van der Waals surface area contributed by atoms with E-state index >= 15 is 0 Å². The van der Waals surface area contributed by atoms with Gasteiger partial charge in [0.05, 0.1) is 13.2 Å². The van der Waals surface area contributed by atoms with E-state index in [0.717, 1.165) is 5.56 Å². The Morgan fingerprint density at radius 3 is 2.62 bits per heavy atom. The first-order chi connectivity index (χ1) is 10.3. The Hall–Kier alpha value is -2.38. The fourth-order valence-corrected chi connectivity index (χ4v) is 2.21. The highest BCUT2D eigenvalue weighted by atomic mass is 16.5. The lowest BCUT2D eigenvalue weighted by Gasteiger charge is -2.26. The molecule has 0 spiro atoms. The molecule has 0 radical (unpaired) electrons. The van der Waals surface area contributed by atoms with Crippen LogP contribution in [0.3, 0.4) is 0 Å². The Bertz CT molecular complexity index is 620. The van der Waals surface area contributed by atoms with Crippen molar-refractivity contribution < 1.29 is 13.9 Å². The molecule has 1 aromatic carbocycles. The summed E-state index contributed by atoms with van der Waals surface area (Å²) >= 11 is 0. The van der Waals surface area contributed by atoms with Gasteiger partial charge >= 0.3 is 0 Å². The van der Waals surface area contributed by atoms with Crippen molar-refractivity contribution >= 4 is 11.8 Å². The highest BCUT2D eigenvalue weighted by Gasteiger charge is 2.26. The molecule has 1 aromatic heterocycles. The van der Waals surface area contributed by atoms with Crippen molar-refractivity contribution in [2.24, 2.45) is 5.84 Å². The largest absolute Gasteiger partial charge is 0.420 e. The van der Waals surface area contributed by atoms with E-state index in [0.29, 0.717) is 38.1 Å². The second-order valence-electron chi connectivity index (χ2n) is 4.61. The molecular weight excluding hydrogens is 272 g/mol. The maximum atomic E-state index is 11.9. The molecule has 2 aromatic rings. The first-order valence-electron chi connectivity index (χ1n) is 6.69. The Morgan fingerprint density at radius 1 is 1.24 bits per heavy atom. The molecule has 0 unspecified atom stereocenters. The molecule has 2 heterocycles. The summed E-state index contributed by atoms with van der Waals surface area (Å²) in [7, 11) is 0. The van der Waals surface area contributed by atoms with Gasteiger partial charge in [-0.15, -0.1) is 0 Å². The van der Waals surface area contributed by atoms with Crippen molar-refractivity contribution in [3.05, 3.63) is 36.0 Å². The second kappa shape index (κ2) is 5.94. The molecule has 3 rings (SSSR count). The van der Waals surface area contributed by atoms with Crippen molar-refractivity contribution in [3.63, 3.8) is 0 Å². The number of hydrogen-bond acceptors (Lipinski definition) is 6. The smallest absolute Gasteiger partial charge is 0.289 e. The molecule has 7 nitrogen and oxygen atoms in total. The van der Waals surface area contributed by atoms with E-state index in [1.54, 1.807) is 0 Å². The van der Waals surface area contributed by atoms with Crippen molar-refractivity contribution in [2.45, 2.75) is 0 Å². The van der Waals surface area contributed by atoms with Gasteiger partial charge in [0.2, 0.25) is 11.8 Å². The number of nitrogens with one attached hydrogen (secondary N) is 1. The van der Waals surface area contributed by atoms with Crippen LogP contribution in [-0.4, -0.2) is 37.2 Å². The maximum absolute atomic E-state index is 11.9. The van der Waals surface area contributed by atoms with Crippen LogP contribution in [0.2, 0.25) is 0 Å². The van der Waals surface area contributed by atoms with Crippen LogP contribution in [0.5, 0.6) is 0 Å². The third kappa shape index (κ3) is 2.74. The average molecular weight is 288 g/mol. The predicted octanol–water partition coefficient (Wildman–Crippen LogP) is 0.782. The maximum Gasteiger partial charge on any atom is 0.289 e. The molecule has 7 heteroatoms. The number of hydrogen-bond donors (Lipinski definition) is 2. The number of carbonyl (C=O) groups is 1. The standard InChI is InChI=1S/C14H16N4O3/c15-17-12(19)11-14(18-6-8-20-9-7-18)21-13(16-11)10-4-2-1-3-5-10/h1-5H,6-9,15H2,(H,17,19). The zero-order valence-electron chi connectivity index (χ0n) is 11.4. The summed E-state index contributed by atoms with van der Waals surface area (Å²) in [5, 5.41) is 0. The first kappa shape index (κ1) is 13.6. The Kier molecular flexibility index (Phi) is 3.85. The number of rotatable bonds is 3. The number of nitrogens with zero attached hydrogens (tertiary/aromatic N) is 2. The Labute approximate surface area is 121 Å². The monoisotopic (exact) mass is 288 g/mol. The zero-order chi connectivity index (χ0) is 14.7. The van der Waals surface area contributed by atoms with Gasteiger partial charge in [-0.2, -0.15) is 0 Å². The van der Waals surface area contributed by atoms with Crippen LogP contribution in [0.1, 0.15) is 10.5 Å². The molecule has 21 heavy (non-hydrogen) atoms. The van der Waals surface area contributed by atoms with E-state index in [-0.39, 0.29) is 5.69 Å². The third-order valence-corrected chi connectivity index (χ3v) is 3.27. The SMILES string of the molecule is NNC(=O)c1nc(-c2ccccc2)oc1N1CCOCC1. The Balaban J connectivity index is 2.00. The normalized spacial score (nSPS) is 15.0. The minimum Gasteiger partial charge on any atom is -0.420 e. The minimum atomic E-state index is -0.470. The molecule has 0 bridgehead atoms. The predicted molar refractivity (Wildman–Crippen MR) is 76.6 cm³/mol. The molecular formula is C14H16N4O3. The number of nitrogens with two attached hydrogens (primary N) is 1. The van der Waals surface area contributed by atoms with Crippen LogP contribution in [0.4, 0.5) is 5.88 Å². The van der Waals surface area contributed by atoms with Gasteiger partial charge in [-0.05, 0) is 12.1 Å². The van der Waals surface area contributed by atoms with Crippen LogP contribution in [-0.2, 0) is 4.74 Å². The van der Waals surface area contributed by atoms with E-state index in [9.17, 15) is 4.79 Å². The van der Waals surface area contributed by atoms with Crippen LogP contribution in [0, 0.1) is 0 Å². The lowest BCUT2D eigenvalue weighted by molar-refractivity contribution is 0.0946. The van der Waals surface area contributed by atoms with E-state index in [2.05, 4.69) is 10.4 Å². The zero-order valence-corrected chi connectivity index (χ0v) is 11.4. The van der Waals surface area contributed by atoms with Crippen molar-refractivity contribution in [2.75, 3.05) is 31.2 Å². The Morgan fingerprint density at radius 2 is 1.95 bits per heavy atom. The van der Waals surface area contributed by atoms with Crippen LogP contribution in [0.25, 0.3) is 11.5 Å². The number of carbonyl (C=O) groups excluding carboxylic acids is 1. The number of nitrogen functional groups attached to an aromatic ring is 1. The lowest BCUT2D eigenvalue weighted by atomic mass is 10.2. The first-order valence-corrected chi connectivity index (χ1v) is 6.69. The number of amides is 1. The van der Waals surface area contributed by atoms with Gasteiger partial charge in [0.1, 0.15) is 0 Å². The third-order valence-electron chi connectivity index (χ3n) is 3.27. The molecule has 1 fully saturated rings. The van der Waals surface area contributed by atoms with E-state index in [4.69, 9.17) is 15.0 Å². The van der Waals surface area contributed by atoms with Crippen molar-refractivity contribution in [3.8, 4) is 11.5 Å². The molecule has 110 valence electrons. The van der Waals surface area contributed by atoms with Gasteiger partial charge in [0.15, 0.2) is 5.69 Å². The molecule has 0 aliphatic carbocycles. The average Bonchev–Trinajstić information content (AvgIpc) is 3.01.